The highest BCUT2D eigenvalue weighted by atomic mass is 19.1. The van der Waals surface area contributed by atoms with E-state index >= 15 is 0 Å². The molecular weight excluding hydrogens is 219 g/mol. The van der Waals surface area contributed by atoms with Crippen LogP contribution in [0, 0.1) is 5.82 Å². The minimum absolute atomic E-state index is 0.145. The van der Waals surface area contributed by atoms with Gasteiger partial charge in [-0.3, -0.25) is 0 Å². The van der Waals surface area contributed by atoms with E-state index in [1.807, 2.05) is 24.0 Å². The maximum Gasteiger partial charge on any atom is 0.146 e. The Labute approximate surface area is 101 Å². The van der Waals surface area contributed by atoms with E-state index in [-0.39, 0.29) is 11.9 Å². The van der Waals surface area contributed by atoms with Crippen molar-refractivity contribution in [1.29, 1.82) is 0 Å². The van der Waals surface area contributed by atoms with Gasteiger partial charge in [0.2, 0.25) is 0 Å². The Balaban J connectivity index is 2.20. The molecule has 4 heteroatoms. The first-order valence-corrected chi connectivity index (χ1v) is 6.05. The normalized spacial score (nSPS) is 21.4. The topological polar surface area (TPSA) is 38.5 Å². The van der Waals surface area contributed by atoms with Crippen molar-refractivity contribution in [1.82, 2.24) is 0 Å². The van der Waals surface area contributed by atoms with Gasteiger partial charge in [0.1, 0.15) is 5.82 Å². The van der Waals surface area contributed by atoms with Crippen LogP contribution in [0.4, 0.5) is 10.1 Å². The SMILES string of the molecule is CC1CN(c2ccc(CN)cc2F)CCCO1. The molecule has 0 radical (unpaired) electrons. The molecule has 2 rings (SSSR count). The van der Waals surface area contributed by atoms with Crippen LogP contribution in [0.1, 0.15) is 18.9 Å². The molecule has 0 amide bonds. The van der Waals surface area contributed by atoms with Gasteiger partial charge in [-0.25, -0.2) is 4.39 Å². The van der Waals surface area contributed by atoms with E-state index in [0.29, 0.717) is 12.2 Å². The number of nitrogens with zero attached hydrogens (tertiary/aromatic N) is 1. The van der Waals surface area contributed by atoms with Crippen LogP contribution in [0.2, 0.25) is 0 Å². The number of hydrogen-bond acceptors (Lipinski definition) is 3. The van der Waals surface area contributed by atoms with Crippen molar-refractivity contribution in [2.75, 3.05) is 24.6 Å². The van der Waals surface area contributed by atoms with Crippen molar-refractivity contribution in [3.63, 3.8) is 0 Å². The summed E-state index contributed by atoms with van der Waals surface area (Å²) in [6.45, 7) is 4.71. The van der Waals surface area contributed by atoms with E-state index in [1.165, 1.54) is 6.07 Å². The molecule has 1 unspecified atom stereocenters. The van der Waals surface area contributed by atoms with Gasteiger partial charge in [0.15, 0.2) is 0 Å². The molecule has 1 fully saturated rings. The van der Waals surface area contributed by atoms with Crippen molar-refractivity contribution in [3.05, 3.63) is 29.6 Å². The number of nitrogens with two attached hydrogens (primary N) is 1. The summed E-state index contributed by atoms with van der Waals surface area (Å²) in [6.07, 6.45) is 1.08. The van der Waals surface area contributed by atoms with Gasteiger partial charge in [-0.1, -0.05) is 6.07 Å². The summed E-state index contributed by atoms with van der Waals surface area (Å²) in [6, 6.07) is 5.22. The largest absolute Gasteiger partial charge is 0.377 e. The fraction of sp³-hybridized carbons (Fsp3) is 0.538. The van der Waals surface area contributed by atoms with Crippen LogP contribution in [0.15, 0.2) is 18.2 Å². The number of halogens is 1. The van der Waals surface area contributed by atoms with Crippen LogP contribution >= 0.6 is 0 Å². The third-order valence-electron chi connectivity index (χ3n) is 3.04. The van der Waals surface area contributed by atoms with Gasteiger partial charge in [0, 0.05) is 26.2 Å². The standard InChI is InChI=1S/C13H19FN2O/c1-10-9-16(5-2-6-17-10)13-4-3-11(8-15)7-12(13)14/h3-4,7,10H,2,5-6,8-9,15H2,1H3. The van der Waals surface area contributed by atoms with Gasteiger partial charge < -0.3 is 15.4 Å². The molecule has 1 heterocycles. The van der Waals surface area contributed by atoms with Crippen molar-refractivity contribution in [3.8, 4) is 0 Å². The van der Waals surface area contributed by atoms with E-state index in [2.05, 4.69) is 0 Å². The molecule has 0 saturated carbocycles. The molecule has 1 aromatic rings. The zero-order valence-corrected chi connectivity index (χ0v) is 10.2. The number of ether oxygens (including phenoxy) is 1. The number of anilines is 1. The molecule has 1 aliphatic rings. The molecule has 1 aliphatic heterocycles. The van der Waals surface area contributed by atoms with Gasteiger partial charge >= 0.3 is 0 Å². The summed E-state index contributed by atoms with van der Waals surface area (Å²) in [4.78, 5) is 2.05. The van der Waals surface area contributed by atoms with Crippen LogP contribution in [0.3, 0.4) is 0 Å². The Morgan fingerprint density at radius 2 is 2.35 bits per heavy atom. The zero-order chi connectivity index (χ0) is 12.3. The maximum absolute atomic E-state index is 13.9. The quantitative estimate of drug-likeness (QED) is 0.855. The Morgan fingerprint density at radius 3 is 3.06 bits per heavy atom. The monoisotopic (exact) mass is 238 g/mol. The first-order chi connectivity index (χ1) is 8.20. The fourth-order valence-electron chi connectivity index (χ4n) is 2.15. The Morgan fingerprint density at radius 1 is 1.53 bits per heavy atom. The Bertz CT molecular complexity index is 384. The Kier molecular flexibility index (Phi) is 3.97. The summed E-state index contributed by atoms with van der Waals surface area (Å²) in [5, 5.41) is 0. The Hall–Kier alpha value is -1.13. The summed E-state index contributed by atoms with van der Waals surface area (Å²) < 4.78 is 19.5. The summed E-state index contributed by atoms with van der Waals surface area (Å²) >= 11 is 0. The lowest BCUT2D eigenvalue weighted by molar-refractivity contribution is 0.0820. The van der Waals surface area contributed by atoms with Gasteiger partial charge in [-0.05, 0) is 31.0 Å². The fourth-order valence-corrected chi connectivity index (χ4v) is 2.15. The van der Waals surface area contributed by atoms with Crippen LogP contribution in [-0.2, 0) is 11.3 Å². The van der Waals surface area contributed by atoms with Gasteiger partial charge in [-0.2, -0.15) is 0 Å². The lowest BCUT2D eigenvalue weighted by Gasteiger charge is -2.25. The smallest absolute Gasteiger partial charge is 0.146 e. The van der Waals surface area contributed by atoms with Crippen molar-refractivity contribution >= 4 is 5.69 Å². The predicted molar refractivity (Wildman–Crippen MR) is 66.5 cm³/mol. The third-order valence-corrected chi connectivity index (χ3v) is 3.04. The minimum atomic E-state index is -0.193. The second-order valence-electron chi connectivity index (χ2n) is 4.47. The highest BCUT2D eigenvalue weighted by Gasteiger charge is 2.18. The molecule has 0 aromatic heterocycles. The molecule has 0 aliphatic carbocycles. The molecule has 1 aromatic carbocycles. The predicted octanol–water partition coefficient (Wildman–Crippen LogP) is 1.90. The van der Waals surface area contributed by atoms with Crippen LogP contribution < -0.4 is 10.6 Å². The highest BCUT2D eigenvalue weighted by Crippen LogP contribution is 2.22. The van der Waals surface area contributed by atoms with Crippen molar-refractivity contribution < 1.29 is 9.13 Å². The molecule has 2 N–H and O–H groups in total. The van der Waals surface area contributed by atoms with Gasteiger partial charge in [0.05, 0.1) is 11.8 Å². The van der Waals surface area contributed by atoms with E-state index in [1.54, 1.807) is 0 Å². The molecule has 94 valence electrons. The van der Waals surface area contributed by atoms with E-state index < -0.39 is 0 Å². The number of rotatable bonds is 2. The lowest BCUT2D eigenvalue weighted by Crippen LogP contribution is -2.30. The highest BCUT2D eigenvalue weighted by molar-refractivity contribution is 5.49. The summed E-state index contributed by atoms with van der Waals surface area (Å²) in [5.74, 6) is -0.193. The van der Waals surface area contributed by atoms with Crippen LogP contribution in [0.5, 0.6) is 0 Å². The number of benzene rings is 1. The minimum Gasteiger partial charge on any atom is -0.377 e. The molecule has 1 atom stereocenters. The second-order valence-corrected chi connectivity index (χ2v) is 4.47. The molecule has 0 bridgehead atoms. The maximum atomic E-state index is 13.9. The summed E-state index contributed by atoms with van der Waals surface area (Å²) in [7, 11) is 0. The molecule has 17 heavy (non-hydrogen) atoms. The van der Waals surface area contributed by atoms with Crippen LogP contribution in [-0.4, -0.2) is 25.8 Å². The number of hydrogen-bond donors (Lipinski definition) is 1. The molecule has 0 spiro atoms. The molecule has 1 saturated heterocycles. The third kappa shape index (κ3) is 2.96. The molecular formula is C13H19FN2O. The first-order valence-electron chi connectivity index (χ1n) is 6.05. The van der Waals surface area contributed by atoms with Crippen molar-refractivity contribution in [2.24, 2.45) is 5.73 Å². The average Bonchev–Trinajstić information content (AvgIpc) is 2.53. The second kappa shape index (κ2) is 5.47. The van der Waals surface area contributed by atoms with E-state index in [9.17, 15) is 4.39 Å². The average molecular weight is 238 g/mol. The lowest BCUT2D eigenvalue weighted by atomic mass is 10.1. The van der Waals surface area contributed by atoms with Gasteiger partial charge in [-0.15, -0.1) is 0 Å². The van der Waals surface area contributed by atoms with E-state index in [4.69, 9.17) is 10.5 Å². The first kappa shape index (κ1) is 12.3. The summed E-state index contributed by atoms with van der Waals surface area (Å²) in [5.41, 5.74) is 6.97. The molecule has 3 nitrogen and oxygen atoms in total. The van der Waals surface area contributed by atoms with E-state index in [0.717, 1.165) is 31.7 Å². The van der Waals surface area contributed by atoms with Gasteiger partial charge in [0.25, 0.3) is 0 Å². The van der Waals surface area contributed by atoms with Crippen molar-refractivity contribution in [2.45, 2.75) is 26.0 Å². The van der Waals surface area contributed by atoms with Crippen LogP contribution in [0.25, 0.3) is 0 Å². The zero-order valence-electron chi connectivity index (χ0n) is 10.2.